The lowest BCUT2D eigenvalue weighted by Crippen LogP contribution is -2.34. The Bertz CT molecular complexity index is 796. The lowest BCUT2D eigenvalue weighted by molar-refractivity contribution is 0.237. The van der Waals surface area contributed by atoms with E-state index in [1.807, 2.05) is 24.3 Å². The van der Waals surface area contributed by atoms with Crippen molar-refractivity contribution < 1.29 is 18.5 Å². The molecule has 0 aliphatic rings. The molecule has 130 valence electrons. The molecule has 8 nitrogen and oxygen atoms in total. The molecule has 3 aromatic rings. The van der Waals surface area contributed by atoms with Gasteiger partial charge in [-0.05, 0) is 29.8 Å². The molecular weight excluding hydrogens is 324 g/mol. The minimum Gasteiger partial charge on any atom is -0.497 e. The van der Waals surface area contributed by atoms with Crippen molar-refractivity contribution in [2.75, 3.05) is 7.11 Å². The second-order valence-electron chi connectivity index (χ2n) is 5.24. The zero-order valence-corrected chi connectivity index (χ0v) is 13.7. The average Bonchev–Trinajstić information content (AvgIpc) is 3.31. The number of furan rings is 1. The first-order chi connectivity index (χ1) is 12.2. The van der Waals surface area contributed by atoms with Gasteiger partial charge < -0.3 is 24.3 Å². The van der Waals surface area contributed by atoms with Crippen LogP contribution in [0.25, 0.3) is 0 Å². The number of hydrogen-bond acceptors (Lipinski definition) is 6. The smallest absolute Gasteiger partial charge is 0.315 e. The lowest BCUT2D eigenvalue weighted by atomic mass is 10.1. The molecule has 2 heterocycles. The maximum absolute atomic E-state index is 11.7. The average molecular weight is 342 g/mol. The van der Waals surface area contributed by atoms with Gasteiger partial charge in [-0.15, -0.1) is 0 Å². The Labute approximate surface area is 144 Å². The number of hydrogen-bond donors (Lipinski definition) is 2. The number of amides is 2. The van der Waals surface area contributed by atoms with Crippen LogP contribution in [0.15, 0.2) is 51.6 Å². The van der Waals surface area contributed by atoms with E-state index < -0.39 is 0 Å². The maximum Gasteiger partial charge on any atom is 0.315 e. The Balaban J connectivity index is 1.45. The molecule has 0 radical (unpaired) electrons. The largest absolute Gasteiger partial charge is 0.497 e. The van der Waals surface area contributed by atoms with Gasteiger partial charge in [0.1, 0.15) is 11.5 Å². The van der Waals surface area contributed by atoms with Gasteiger partial charge in [-0.1, -0.05) is 17.3 Å². The van der Waals surface area contributed by atoms with Crippen LogP contribution in [-0.4, -0.2) is 23.3 Å². The Morgan fingerprint density at radius 2 is 1.96 bits per heavy atom. The highest BCUT2D eigenvalue weighted by atomic mass is 16.5. The second-order valence-corrected chi connectivity index (χ2v) is 5.24. The molecule has 1 aromatic carbocycles. The number of urea groups is 1. The van der Waals surface area contributed by atoms with Crippen molar-refractivity contribution in [2.24, 2.45) is 0 Å². The summed E-state index contributed by atoms with van der Waals surface area (Å²) in [6.45, 7) is 0.463. The van der Waals surface area contributed by atoms with Gasteiger partial charge in [-0.25, -0.2) is 4.79 Å². The van der Waals surface area contributed by atoms with Crippen LogP contribution >= 0.6 is 0 Å². The van der Waals surface area contributed by atoms with Crippen LogP contribution in [0.5, 0.6) is 5.75 Å². The topological polar surface area (TPSA) is 102 Å². The molecule has 2 amide bonds. The zero-order chi connectivity index (χ0) is 17.5. The van der Waals surface area contributed by atoms with Crippen LogP contribution < -0.4 is 15.4 Å². The van der Waals surface area contributed by atoms with Crippen LogP contribution in [0.3, 0.4) is 0 Å². The molecule has 0 fully saturated rings. The summed E-state index contributed by atoms with van der Waals surface area (Å²) in [5, 5.41) is 9.23. The third-order valence-corrected chi connectivity index (χ3v) is 3.43. The van der Waals surface area contributed by atoms with Gasteiger partial charge in [0.2, 0.25) is 5.89 Å². The molecule has 0 aliphatic heterocycles. The van der Waals surface area contributed by atoms with Gasteiger partial charge in [-0.3, -0.25) is 0 Å². The number of nitrogens with one attached hydrogen (secondary N) is 2. The summed E-state index contributed by atoms with van der Waals surface area (Å²) < 4.78 is 15.4. The summed E-state index contributed by atoms with van der Waals surface area (Å²) in [4.78, 5) is 16.0. The SMILES string of the molecule is COc1ccc(Cc2noc(CNC(=O)NCc3ccco3)n2)cc1. The Morgan fingerprint density at radius 3 is 2.68 bits per heavy atom. The van der Waals surface area contributed by atoms with E-state index in [0.29, 0.717) is 30.4 Å². The third kappa shape index (κ3) is 4.84. The van der Waals surface area contributed by atoms with E-state index in [9.17, 15) is 4.79 Å². The predicted molar refractivity (Wildman–Crippen MR) is 87.9 cm³/mol. The van der Waals surface area contributed by atoms with Gasteiger partial charge in [0.05, 0.1) is 26.5 Å². The van der Waals surface area contributed by atoms with Crippen LogP contribution in [0, 0.1) is 0 Å². The number of ether oxygens (including phenoxy) is 1. The monoisotopic (exact) mass is 342 g/mol. The maximum atomic E-state index is 11.7. The predicted octanol–water partition coefficient (Wildman–Crippen LogP) is 2.26. The summed E-state index contributed by atoms with van der Waals surface area (Å²) in [5.74, 6) is 2.37. The van der Waals surface area contributed by atoms with E-state index in [2.05, 4.69) is 20.8 Å². The van der Waals surface area contributed by atoms with Crippen molar-refractivity contribution in [2.45, 2.75) is 19.5 Å². The Hall–Kier alpha value is -3.29. The molecule has 0 saturated heterocycles. The van der Waals surface area contributed by atoms with E-state index in [-0.39, 0.29) is 12.6 Å². The number of carbonyl (C=O) groups is 1. The molecule has 3 rings (SSSR count). The fourth-order valence-corrected chi connectivity index (χ4v) is 2.16. The van der Waals surface area contributed by atoms with Gasteiger partial charge in [0, 0.05) is 6.42 Å². The number of nitrogens with zero attached hydrogens (tertiary/aromatic N) is 2. The normalized spacial score (nSPS) is 10.4. The van der Waals surface area contributed by atoms with Crippen molar-refractivity contribution in [1.29, 1.82) is 0 Å². The third-order valence-electron chi connectivity index (χ3n) is 3.43. The number of benzene rings is 1. The quantitative estimate of drug-likeness (QED) is 0.683. The fourth-order valence-electron chi connectivity index (χ4n) is 2.16. The number of rotatable bonds is 7. The Morgan fingerprint density at radius 1 is 1.16 bits per heavy atom. The van der Waals surface area contributed by atoms with E-state index >= 15 is 0 Å². The first kappa shape index (κ1) is 16.6. The fraction of sp³-hybridized carbons (Fsp3) is 0.235. The summed E-state index contributed by atoms with van der Waals surface area (Å²) >= 11 is 0. The molecule has 0 atom stereocenters. The summed E-state index contributed by atoms with van der Waals surface area (Å²) in [6, 6.07) is 10.8. The zero-order valence-electron chi connectivity index (χ0n) is 13.7. The molecule has 8 heteroatoms. The van der Waals surface area contributed by atoms with Crippen LogP contribution in [0.4, 0.5) is 4.79 Å². The number of aromatic nitrogens is 2. The second kappa shape index (κ2) is 8.00. The standard InChI is InChI=1S/C17H18N4O4/c1-23-13-6-4-12(5-7-13)9-15-20-16(25-21-15)11-19-17(22)18-10-14-3-2-8-24-14/h2-8H,9-11H2,1H3,(H2,18,19,22). The molecule has 0 bridgehead atoms. The highest BCUT2D eigenvalue weighted by Crippen LogP contribution is 2.13. The van der Waals surface area contributed by atoms with Crippen molar-refractivity contribution in [3.63, 3.8) is 0 Å². The van der Waals surface area contributed by atoms with Gasteiger partial charge >= 0.3 is 6.03 Å². The van der Waals surface area contributed by atoms with Crippen molar-refractivity contribution >= 4 is 6.03 Å². The molecule has 25 heavy (non-hydrogen) atoms. The Kier molecular flexibility index (Phi) is 5.30. The van der Waals surface area contributed by atoms with E-state index in [4.69, 9.17) is 13.7 Å². The molecule has 2 N–H and O–H groups in total. The van der Waals surface area contributed by atoms with Crippen LogP contribution in [0.2, 0.25) is 0 Å². The molecule has 0 unspecified atom stereocenters. The molecule has 0 spiro atoms. The number of methoxy groups -OCH3 is 1. The molecular formula is C17H18N4O4. The highest BCUT2D eigenvalue weighted by Gasteiger charge is 2.09. The molecule has 0 saturated carbocycles. The first-order valence-corrected chi connectivity index (χ1v) is 7.71. The molecule has 2 aromatic heterocycles. The van der Waals surface area contributed by atoms with E-state index in [0.717, 1.165) is 11.3 Å². The minimum atomic E-state index is -0.341. The van der Waals surface area contributed by atoms with Crippen molar-refractivity contribution in [1.82, 2.24) is 20.8 Å². The highest BCUT2D eigenvalue weighted by molar-refractivity contribution is 5.73. The first-order valence-electron chi connectivity index (χ1n) is 7.71. The van der Waals surface area contributed by atoms with E-state index in [1.54, 1.807) is 25.5 Å². The lowest BCUT2D eigenvalue weighted by Gasteiger charge is -2.03. The molecule has 0 aliphatic carbocycles. The van der Waals surface area contributed by atoms with Gasteiger partial charge in [0.15, 0.2) is 5.82 Å². The summed E-state index contributed by atoms with van der Waals surface area (Å²) in [5.41, 5.74) is 1.04. The van der Waals surface area contributed by atoms with Crippen molar-refractivity contribution in [3.8, 4) is 5.75 Å². The van der Waals surface area contributed by atoms with Gasteiger partial charge in [0.25, 0.3) is 0 Å². The van der Waals surface area contributed by atoms with Crippen LogP contribution in [-0.2, 0) is 19.5 Å². The summed E-state index contributed by atoms with van der Waals surface area (Å²) in [6.07, 6.45) is 2.09. The number of carbonyl (C=O) groups excluding carboxylic acids is 1. The van der Waals surface area contributed by atoms with E-state index in [1.165, 1.54) is 0 Å². The minimum absolute atomic E-state index is 0.152. The summed E-state index contributed by atoms with van der Waals surface area (Å²) in [7, 11) is 1.62. The van der Waals surface area contributed by atoms with Gasteiger partial charge in [-0.2, -0.15) is 4.98 Å². The van der Waals surface area contributed by atoms with Crippen molar-refractivity contribution in [3.05, 3.63) is 65.7 Å². The van der Waals surface area contributed by atoms with Crippen LogP contribution in [0.1, 0.15) is 23.0 Å².